The summed E-state index contributed by atoms with van der Waals surface area (Å²) in [5, 5.41) is 2.78. The van der Waals surface area contributed by atoms with Gasteiger partial charge in [-0.15, -0.1) is 0 Å². The van der Waals surface area contributed by atoms with Crippen molar-refractivity contribution in [1.82, 2.24) is 9.62 Å². The average Bonchev–Trinajstić information content (AvgIpc) is 3.27. The molecular weight excluding hydrogens is 388 g/mol. The Hall–Kier alpha value is -2.51. The van der Waals surface area contributed by atoms with Crippen molar-refractivity contribution in [3.8, 4) is 0 Å². The molecule has 6 nitrogen and oxygen atoms in total. The van der Waals surface area contributed by atoms with Crippen LogP contribution in [0.5, 0.6) is 0 Å². The minimum absolute atomic E-state index is 0.0587. The van der Waals surface area contributed by atoms with Gasteiger partial charge < -0.3 is 5.32 Å². The maximum absolute atomic E-state index is 12.5. The van der Waals surface area contributed by atoms with Crippen LogP contribution < -0.4 is 5.32 Å². The summed E-state index contributed by atoms with van der Waals surface area (Å²) < 4.78 is 26.6. The Bertz CT molecular complexity index is 961. The summed E-state index contributed by atoms with van der Waals surface area (Å²) in [5.41, 5.74) is 2.50. The molecule has 1 fully saturated rings. The van der Waals surface area contributed by atoms with E-state index in [2.05, 4.69) is 5.32 Å². The summed E-state index contributed by atoms with van der Waals surface area (Å²) in [5.74, 6) is -0.268. The van der Waals surface area contributed by atoms with Crippen molar-refractivity contribution in [2.24, 2.45) is 0 Å². The monoisotopic (exact) mass is 414 g/mol. The van der Waals surface area contributed by atoms with Gasteiger partial charge in [-0.3, -0.25) is 9.59 Å². The van der Waals surface area contributed by atoms with Gasteiger partial charge in [-0.1, -0.05) is 42.0 Å². The Morgan fingerprint density at radius 3 is 2.17 bits per heavy atom. The average molecular weight is 415 g/mol. The minimum Gasteiger partial charge on any atom is -0.352 e. The number of amides is 1. The molecule has 0 bridgehead atoms. The van der Waals surface area contributed by atoms with Gasteiger partial charge in [0.25, 0.3) is 0 Å². The molecule has 1 heterocycles. The van der Waals surface area contributed by atoms with Crippen molar-refractivity contribution in [2.45, 2.75) is 44.0 Å². The summed E-state index contributed by atoms with van der Waals surface area (Å²) in [6.45, 7) is 3.39. The number of nitrogens with one attached hydrogen (secondary N) is 1. The number of rotatable bonds is 8. The first-order chi connectivity index (χ1) is 13.9. The maximum Gasteiger partial charge on any atom is 0.243 e. The highest BCUT2D eigenvalue weighted by molar-refractivity contribution is 7.89. The lowest BCUT2D eigenvalue weighted by atomic mass is 10.0. The van der Waals surface area contributed by atoms with Gasteiger partial charge in [0, 0.05) is 38.0 Å². The smallest absolute Gasteiger partial charge is 0.243 e. The highest BCUT2D eigenvalue weighted by Crippen LogP contribution is 2.21. The van der Waals surface area contributed by atoms with E-state index in [0.717, 1.165) is 24.0 Å². The first-order valence-corrected chi connectivity index (χ1v) is 11.3. The number of hydrogen-bond donors (Lipinski definition) is 1. The van der Waals surface area contributed by atoms with Crippen molar-refractivity contribution >= 4 is 21.7 Å². The molecular formula is C22H26N2O4S. The zero-order valence-electron chi connectivity index (χ0n) is 16.6. The molecule has 0 unspecified atom stereocenters. The van der Waals surface area contributed by atoms with Gasteiger partial charge in [-0.25, -0.2) is 8.42 Å². The number of nitrogens with zero attached hydrogens (tertiary/aromatic N) is 1. The number of Topliss-reactive ketones (excluding diaryl/α,β-unsaturated/α-hetero) is 1. The lowest BCUT2D eigenvalue weighted by molar-refractivity contribution is -0.121. The van der Waals surface area contributed by atoms with E-state index in [1.54, 1.807) is 36.4 Å². The first kappa shape index (κ1) is 21.2. The molecule has 0 radical (unpaired) electrons. The maximum atomic E-state index is 12.5. The lowest BCUT2D eigenvalue weighted by Gasteiger charge is -2.15. The van der Waals surface area contributed by atoms with E-state index in [4.69, 9.17) is 0 Å². The van der Waals surface area contributed by atoms with Crippen LogP contribution in [-0.2, 0) is 21.4 Å². The van der Waals surface area contributed by atoms with Gasteiger partial charge in [0.1, 0.15) is 0 Å². The molecule has 0 atom stereocenters. The summed E-state index contributed by atoms with van der Waals surface area (Å²) >= 11 is 0. The van der Waals surface area contributed by atoms with Crippen LogP contribution in [0.2, 0.25) is 0 Å². The number of benzene rings is 2. The van der Waals surface area contributed by atoms with Crippen molar-refractivity contribution < 1.29 is 18.0 Å². The van der Waals surface area contributed by atoms with Crippen molar-refractivity contribution in [3.63, 3.8) is 0 Å². The van der Waals surface area contributed by atoms with Crippen LogP contribution >= 0.6 is 0 Å². The van der Waals surface area contributed by atoms with E-state index in [-0.39, 0.29) is 29.4 Å². The predicted octanol–water partition coefficient (Wildman–Crippen LogP) is 3.06. The summed E-state index contributed by atoms with van der Waals surface area (Å²) in [7, 11) is -3.43. The molecule has 3 rings (SSSR count). The van der Waals surface area contributed by atoms with Gasteiger partial charge in [0.15, 0.2) is 5.78 Å². The number of hydrogen-bond acceptors (Lipinski definition) is 4. The zero-order chi connectivity index (χ0) is 20.9. The van der Waals surface area contributed by atoms with Crippen LogP contribution in [0.3, 0.4) is 0 Å². The third-order valence-electron chi connectivity index (χ3n) is 5.07. The fourth-order valence-corrected chi connectivity index (χ4v) is 4.77. The second kappa shape index (κ2) is 9.33. The fraction of sp³-hybridized carbons (Fsp3) is 0.364. The quantitative estimate of drug-likeness (QED) is 0.673. The largest absolute Gasteiger partial charge is 0.352 e. The Balaban J connectivity index is 1.47. The van der Waals surface area contributed by atoms with Crippen molar-refractivity contribution in [3.05, 3.63) is 65.2 Å². The number of sulfonamides is 1. The molecule has 0 spiro atoms. The molecule has 1 aliphatic rings. The van der Waals surface area contributed by atoms with Gasteiger partial charge in [0.2, 0.25) is 15.9 Å². The van der Waals surface area contributed by atoms with E-state index in [1.807, 2.05) is 19.1 Å². The standard InChI is InChI=1S/C22H26N2O4S/c1-17-4-8-19(9-5-17)21(25)12-13-22(26)23-16-18-6-10-20(11-7-18)29(27,28)24-14-2-3-15-24/h4-11H,2-3,12-16H2,1H3,(H,23,26). The van der Waals surface area contributed by atoms with E-state index < -0.39 is 10.0 Å². The van der Waals surface area contributed by atoms with Crippen molar-refractivity contribution in [1.29, 1.82) is 0 Å². The van der Waals surface area contributed by atoms with Crippen LogP contribution in [0, 0.1) is 6.92 Å². The molecule has 2 aromatic carbocycles. The van der Waals surface area contributed by atoms with E-state index in [9.17, 15) is 18.0 Å². The van der Waals surface area contributed by atoms with Gasteiger partial charge in [-0.2, -0.15) is 4.31 Å². The second-order valence-corrected chi connectivity index (χ2v) is 9.26. The Labute approximate surface area is 172 Å². The molecule has 154 valence electrons. The van der Waals surface area contributed by atoms with Gasteiger partial charge in [0.05, 0.1) is 4.90 Å². The Morgan fingerprint density at radius 1 is 0.931 bits per heavy atom. The molecule has 1 N–H and O–H groups in total. The fourth-order valence-electron chi connectivity index (χ4n) is 3.26. The summed E-state index contributed by atoms with van der Waals surface area (Å²) in [6.07, 6.45) is 2.07. The third kappa shape index (κ3) is 5.52. The summed E-state index contributed by atoms with van der Waals surface area (Å²) in [6, 6.07) is 13.9. The minimum atomic E-state index is -3.43. The van der Waals surface area contributed by atoms with Crippen LogP contribution in [0.25, 0.3) is 0 Å². The van der Waals surface area contributed by atoms with Gasteiger partial charge >= 0.3 is 0 Å². The van der Waals surface area contributed by atoms with Crippen LogP contribution in [0.1, 0.15) is 47.2 Å². The topological polar surface area (TPSA) is 83.5 Å². The van der Waals surface area contributed by atoms with Gasteiger partial charge in [-0.05, 0) is 37.5 Å². The number of ketones is 1. The molecule has 0 aliphatic carbocycles. The second-order valence-electron chi connectivity index (χ2n) is 7.32. The molecule has 7 heteroatoms. The molecule has 1 amide bonds. The van der Waals surface area contributed by atoms with E-state index >= 15 is 0 Å². The molecule has 29 heavy (non-hydrogen) atoms. The highest BCUT2D eigenvalue weighted by Gasteiger charge is 2.26. The number of carbonyl (C=O) groups is 2. The molecule has 1 aliphatic heterocycles. The number of carbonyl (C=O) groups excluding carboxylic acids is 2. The normalized spacial score (nSPS) is 14.7. The third-order valence-corrected chi connectivity index (χ3v) is 6.98. The van der Waals surface area contributed by atoms with E-state index in [1.165, 1.54) is 4.31 Å². The molecule has 1 saturated heterocycles. The number of aryl methyl sites for hydroxylation is 1. The summed E-state index contributed by atoms with van der Waals surface area (Å²) in [4.78, 5) is 24.5. The van der Waals surface area contributed by atoms with Crippen LogP contribution in [0.15, 0.2) is 53.4 Å². The van der Waals surface area contributed by atoms with Crippen molar-refractivity contribution in [2.75, 3.05) is 13.1 Å². The zero-order valence-corrected chi connectivity index (χ0v) is 17.4. The van der Waals surface area contributed by atoms with E-state index in [0.29, 0.717) is 25.2 Å². The van der Waals surface area contributed by atoms with Crippen LogP contribution in [0.4, 0.5) is 0 Å². The first-order valence-electron chi connectivity index (χ1n) is 9.82. The lowest BCUT2D eigenvalue weighted by Crippen LogP contribution is -2.28. The molecule has 2 aromatic rings. The Kier molecular flexibility index (Phi) is 6.82. The SMILES string of the molecule is Cc1ccc(C(=O)CCC(=O)NCc2ccc(S(=O)(=O)N3CCCC3)cc2)cc1. The van der Waals surface area contributed by atoms with Crippen LogP contribution in [-0.4, -0.2) is 37.5 Å². The molecule has 0 saturated carbocycles. The Morgan fingerprint density at radius 2 is 1.55 bits per heavy atom. The predicted molar refractivity (Wildman–Crippen MR) is 111 cm³/mol. The highest BCUT2D eigenvalue weighted by atomic mass is 32.2. The molecule has 0 aromatic heterocycles.